The molecule has 0 saturated heterocycles. The van der Waals surface area contributed by atoms with Crippen molar-refractivity contribution in [3.05, 3.63) is 35.9 Å². The molecule has 1 saturated carbocycles. The molecule has 7 heteroatoms. The number of ether oxygens (including phenoxy) is 1. The number of aliphatic imine (C=N–C) groups is 1. The lowest BCUT2D eigenvalue weighted by Crippen LogP contribution is -2.44. The zero-order chi connectivity index (χ0) is 19.2. The third-order valence-electron chi connectivity index (χ3n) is 4.50. The van der Waals surface area contributed by atoms with Crippen molar-refractivity contribution in [2.24, 2.45) is 4.99 Å². The third-order valence-corrected chi connectivity index (χ3v) is 4.50. The first kappa shape index (κ1) is 23.5. The maximum absolute atomic E-state index is 12.0. The van der Waals surface area contributed by atoms with Crippen molar-refractivity contribution in [1.82, 2.24) is 15.5 Å². The van der Waals surface area contributed by atoms with Crippen LogP contribution in [0, 0.1) is 0 Å². The number of likely N-dealkylation sites (N-methyl/N-ethyl adjacent to an activating group) is 1. The molecule has 1 aromatic carbocycles. The molecule has 1 amide bonds. The van der Waals surface area contributed by atoms with E-state index in [1.807, 2.05) is 20.8 Å². The molecule has 0 bridgehead atoms. The van der Waals surface area contributed by atoms with Crippen LogP contribution in [0.5, 0.6) is 0 Å². The normalized spacial score (nSPS) is 15.4. The van der Waals surface area contributed by atoms with Gasteiger partial charge in [0, 0.05) is 39.1 Å². The molecule has 6 nitrogen and oxygen atoms in total. The quantitative estimate of drug-likeness (QED) is 0.366. The van der Waals surface area contributed by atoms with Crippen LogP contribution in [0.25, 0.3) is 0 Å². The van der Waals surface area contributed by atoms with E-state index in [1.165, 1.54) is 18.4 Å². The van der Waals surface area contributed by atoms with Crippen LogP contribution >= 0.6 is 24.0 Å². The molecule has 2 N–H and O–H groups in total. The Kier molecular flexibility index (Phi) is 8.84. The van der Waals surface area contributed by atoms with Gasteiger partial charge in [-0.3, -0.25) is 4.99 Å². The maximum Gasteiger partial charge on any atom is 0.410 e. The number of hydrogen-bond donors (Lipinski definition) is 2. The number of benzene rings is 1. The molecule has 0 atom stereocenters. The van der Waals surface area contributed by atoms with Gasteiger partial charge < -0.3 is 20.3 Å². The smallest absolute Gasteiger partial charge is 0.410 e. The first-order valence-electron chi connectivity index (χ1n) is 9.20. The average Bonchev–Trinajstić information content (AvgIpc) is 3.38. The van der Waals surface area contributed by atoms with Crippen LogP contribution in [0.3, 0.4) is 0 Å². The Labute approximate surface area is 180 Å². The van der Waals surface area contributed by atoms with Crippen LogP contribution in [-0.4, -0.2) is 56.3 Å². The molecule has 27 heavy (non-hydrogen) atoms. The minimum Gasteiger partial charge on any atom is -0.444 e. The van der Waals surface area contributed by atoms with Gasteiger partial charge in [0.2, 0.25) is 0 Å². The Hall–Kier alpha value is -1.51. The number of carbonyl (C=O) groups is 1. The minimum atomic E-state index is -0.480. The van der Waals surface area contributed by atoms with Gasteiger partial charge in [-0.15, -0.1) is 24.0 Å². The van der Waals surface area contributed by atoms with Gasteiger partial charge in [0.25, 0.3) is 0 Å². The van der Waals surface area contributed by atoms with Crippen molar-refractivity contribution >= 4 is 36.0 Å². The Balaban J connectivity index is 0.00000364. The molecule has 0 spiro atoms. The lowest BCUT2D eigenvalue weighted by Gasteiger charge is -2.25. The second kappa shape index (κ2) is 10.1. The number of halogens is 1. The van der Waals surface area contributed by atoms with Crippen molar-refractivity contribution in [3.8, 4) is 0 Å². The van der Waals surface area contributed by atoms with E-state index in [0.717, 1.165) is 12.5 Å². The van der Waals surface area contributed by atoms with E-state index in [9.17, 15) is 4.79 Å². The van der Waals surface area contributed by atoms with Gasteiger partial charge in [-0.25, -0.2) is 4.79 Å². The number of nitrogens with zero attached hydrogens (tertiary/aromatic N) is 2. The second-order valence-corrected chi connectivity index (χ2v) is 7.90. The minimum absolute atomic E-state index is 0. The molecule has 0 aromatic heterocycles. The summed E-state index contributed by atoms with van der Waals surface area (Å²) in [4.78, 5) is 17.8. The topological polar surface area (TPSA) is 66.0 Å². The van der Waals surface area contributed by atoms with Gasteiger partial charge in [0.15, 0.2) is 5.96 Å². The summed E-state index contributed by atoms with van der Waals surface area (Å²) in [5.41, 5.74) is 1.13. The Morgan fingerprint density at radius 2 is 1.85 bits per heavy atom. The highest BCUT2D eigenvalue weighted by Gasteiger charge is 2.43. The summed E-state index contributed by atoms with van der Waals surface area (Å²) in [6.45, 7) is 7.60. The van der Waals surface area contributed by atoms with Gasteiger partial charge in [-0.2, -0.15) is 0 Å². The summed E-state index contributed by atoms with van der Waals surface area (Å²) >= 11 is 0. The lowest BCUT2D eigenvalue weighted by atomic mass is 9.96. The first-order valence-corrected chi connectivity index (χ1v) is 9.20. The molecule has 1 aromatic rings. The summed E-state index contributed by atoms with van der Waals surface area (Å²) in [5, 5.41) is 6.68. The Morgan fingerprint density at radius 3 is 2.37 bits per heavy atom. The van der Waals surface area contributed by atoms with Crippen molar-refractivity contribution in [2.45, 2.75) is 44.6 Å². The van der Waals surface area contributed by atoms with Crippen LogP contribution < -0.4 is 10.6 Å². The van der Waals surface area contributed by atoms with Crippen molar-refractivity contribution in [3.63, 3.8) is 0 Å². The first-order chi connectivity index (χ1) is 12.3. The van der Waals surface area contributed by atoms with Crippen molar-refractivity contribution in [1.29, 1.82) is 0 Å². The van der Waals surface area contributed by atoms with Gasteiger partial charge in [0.05, 0.1) is 0 Å². The van der Waals surface area contributed by atoms with Crippen molar-refractivity contribution < 1.29 is 9.53 Å². The fraction of sp³-hybridized carbons (Fsp3) is 0.600. The van der Waals surface area contributed by atoms with Crippen LogP contribution in [-0.2, 0) is 10.2 Å². The highest BCUT2D eigenvalue weighted by atomic mass is 127. The summed E-state index contributed by atoms with van der Waals surface area (Å²) in [6.07, 6.45) is 2.08. The second-order valence-electron chi connectivity index (χ2n) is 7.90. The number of nitrogens with one attached hydrogen (secondary N) is 2. The number of carbonyl (C=O) groups excluding carboxylic acids is 1. The molecule has 1 aliphatic rings. The molecule has 0 aliphatic heterocycles. The van der Waals surface area contributed by atoms with Gasteiger partial charge >= 0.3 is 6.09 Å². The highest BCUT2D eigenvalue weighted by molar-refractivity contribution is 14.0. The summed E-state index contributed by atoms with van der Waals surface area (Å²) < 4.78 is 5.35. The van der Waals surface area contributed by atoms with E-state index in [2.05, 4.69) is 46.0 Å². The number of hydrogen-bond acceptors (Lipinski definition) is 3. The highest BCUT2D eigenvalue weighted by Crippen LogP contribution is 2.47. The standard InChI is InChI=1S/C20H32N4O2.HI/c1-19(2,3)26-18(25)24(5)14-13-22-17(21-4)23-15-20(11-12-20)16-9-7-6-8-10-16;/h6-10H,11-15H2,1-5H3,(H2,21,22,23);1H. The van der Waals surface area contributed by atoms with E-state index in [4.69, 9.17) is 4.74 Å². The average molecular weight is 488 g/mol. The van der Waals surface area contributed by atoms with Crippen LogP contribution in [0.4, 0.5) is 4.79 Å². The van der Waals surface area contributed by atoms with Crippen LogP contribution in [0.15, 0.2) is 35.3 Å². The van der Waals surface area contributed by atoms with E-state index in [-0.39, 0.29) is 35.5 Å². The molecule has 2 rings (SSSR count). The third kappa shape index (κ3) is 7.56. The predicted octanol–water partition coefficient (Wildman–Crippen LogP) is 3.37. The summed E-state index contributed by atoms with van der Waals surface area (Å²) in [6, 6.07) is 10.6. The monoisotopic (exact) mass is 488 g/mol. The Bertz CT molecular complexity index is 625. The fourth-order valence-corrected chi connectivity index (χ4v) is 2.76. The molecule has 0 unspecified atom stereocenters. The lowest BCUT2D eigenvalue weighted by molar-refractivity contribution is 0.0302. The van der Waals surface area contributed by atoms with Gasteiger partial charge in [-0.05, 0) is 39.2 Å². The predicted molar refractivity (Wildman–Crippen MR) is 121 cm³/mol. The van der Waals surface area contributed by atoms with Crippen LogP contribution in [0.2, 0.25) is 0 Å². The number of amides is 1. The molecule has 0 radical (unpaired) electrons. The fourth-order valence-electron chi connectivity index (χ4n) is 2.76. The number of guanidine groups is 1. The van der Waals surface area contributed by atoms with Crippen LogP contribution in [0.1, 0.15) is 39.2 Å². The molecular formula is C20H33IN4O2. The molecule has 0 heterocycles. The molecule has 1 aliphatic carbocycles. The zero-order valence-corrected chi connectivity index (χ0v) is 19.4. The van der Waals surface area contributed by atoms with E-state index < -0.39 is 5.60 Å². The zero-order valence-electron chi connectivity index (χ0n) is 17.0. The number of rotatable bonds is 6. The van der Waals surface area contributed by atoms with E-state index in [1.54, 1.807) is 19.0 Å². The van der Waals surface area contributed by atoms with Gasteiger partial charge in [0.1, 0.15) is 5.60 Å². The largest absolute Gasteiger partial charge is 0.444 e. The maximum atomic E-state index is 12.0. The summed E-state index contributed by atoms with van der Waals surface area (Å²) in [7, 11) is 3.50. The molecule has 152 valence electrons. The SMILES string of the molecule is CN=C(NCCN(C)C(=O)OC(C)(C)C)NCC1(c2ccccc2)CC1.I. The Morgan fingerprint density at radius 1 is 1.22 bits per heavy atom. The van der Waals surface area contributed by atoms with Gasteiger partial charge in [-0.1, -0.05) is 30.3 Å². The van der Waals surface area contributed by atoms with E-state index >= 15 is 0 Å². The molecule has 1 fully saturated rings. The van der Waals surface area contributed by atoms with E-state index in [0.29, 0.717) is 13.1 Å². The van der Waals surface area contributed by atoms with Crippen molar-refractivity contribution in [2.75, 3.05) is 33.7 Å². The molecular weight excluding hydrogens is 455 g/mol. The summed E-state index contributed by atoms with van der Waals surface area (Å²) in [5.74, 6) is 0.754.